The van der Waals surface area contributed by atoms with Crippen LogP contribution in [0.2, 0.25) is 0 Å². The minimum absolute atomic E-state index is 0.176. The molecule has 0 aliphatic heterocycles. The lowest BCUT2D eigenvalue weighted by Gasteiger charge is -1.96. The number of carboxylic acids is 1. The van der Waals surface area contributed by atoms with Crippen molar-refractivity contribution in [3.05, 3.63) is 39.8 Å². The largest absolute Gasteiger partial charge is 0.478 e. The van der Waals surface area contributed by atoms with Gasteiger partial charge in [-0.05, 0) is 25.1 Å². The molecule has 7 heteroatoms. The van der Waals surface area contributed by atoms with Gasteiger partial charge in [0.1, 0.15) is 5.52 Å². The third-order valence-electron chi connectivity index (χ3n) is 2.72. The van der Waals surface area contributed by atoms with E-state index in [1.165, 1.54) is 12.1 Å². The Balaban J connectivity index is 1.80. The molecule has 0 aliphatic carbocycles. The highest BCUT2D eigenvalue weighted by molar-refractivity contribution is 7.09. The number of aromatic carboxylic acids is 1. The number of hydrogen-bond donors (Lipinski definition) is 2. The lowest BCUT2D eigenvalue weighted by atomic mass is 10.2. The second kappa shape index (κ2) is 4.93. The van der Waals surface area contributed by atoms with Crippen LogP contribution in [0, 0.1) is 6.92 Å². The maximum Gasteiger partial charge on any atom is 0.335 e. The highest BCUT2D eigenvalue weighted by Gasteiger charge is 2.09. The van der Waals surface area contributed by atoms with Gasteiger partial charge < -0.3 is 14.8 Å². The van der Waals surface area contributed by atoms with Crippen LogP contribution in [0.5, 0.6) is 0 Å². The van der Waals surface area contributed by atoms with E-state index in [1.54, 1.807) is 17.4 Å². The van der Waals surface area contributed by atoms with E-state index in [2.05, 4.69) is 15.3 Å². The van der Waals surface area contributed by atoms with Gasteiger partial charge in [-0.1, -0.05) is 0 Å². The highest BCUT2D eigenvalue weighted by Crippen LogP contribution is 2.21. The van der Waals surface area contributed by atoms with Crippen LogP contribution in [0.25, 0.3) is 11.1 Å². The topological polar surface area (TPSA) is 88.2 Å². The summed E-state index contributed by atoms with van der Waals surface area (Å²) < 4.78 is 5.48. The van der Waals surface area contributed by atoms with E-state index in [4.69, 9.17) is 9.52 Å². The Kier molecular flexibility index (Phi) is 3.11. The van der Waals surface area contributed by atoms with Gasteiger partial charge in [0.25, 0.3) is 6.01 Å². The maximum atomic E-state index is 10.9. The predicted octanol–water partition coefficient (Wildman–Crippen LogP) is 2.90. The molecular formula is C13H11N3O3S. The minimum Gasteiger partial charge on any atom is -0.478 e. The lowest BCUT2D eigenvalue weighted by Crippen LogP contribution is -1.99. The van der Waals surface area contributed by atoms with Crippen LogP contribution in [0.3, 0.4) is 0 Å². The van der Waals surface area contributed by atoms with Crippen molar-refractivity contribution >= 4 is 34.4 Å². The first-order valence-corrected chi connectivity index (χ1v) is 6.78. The minimum atomic E-state index is -0.990. The van der Waals surface area contributed by atoms with Crippen LogP contribution in [0.1, 0.15) is 21.1 Å². The number of rotatable bonds is 4. The molecule has 0 bridgehead atoms. The Labute approximate surface area is 118 Å². The van der Waals surface area contributed by atoms with Gasteiger partial charge in [-0.15, -0.1) is 11.3 Å². The average molecular weight is 289 g/mol. The third-order valence-corrected chi connectivity index (χ3v) is 3.55. The molecule has 3 rings (SSSR count). The second-order valence-electron chi connectivity index (χ2n) is 4.22. The number of carboxylic acid groups (broad SMARTS) is 1. The van der Waals surface area contributed by atoms with Gasteiger partial charge in [0, 0.05) is 5.38 Å². The fourth-order valence-corrected chi connectivity index (χ4v) is 2.40. The summed E-state index contributed by atoms with van der Waals surface area (Å²) in [4.78, 5) is 19.4. The first-order chi connectivity index (χ1) is 9.61. The van der Waals surface area contributed by atoms with Crippen molar-refractivity contribution in [1.29, 1.82) is 0 Å². The van der Waals surface area contributed by atoms with Gasteiger partial charge in [-0.25, -0.2) is 9.78 Å². The van der Waals surface area contributed by atoms with Crippen molar-refractivity contribution in [3.63, 3.8) is 0 Å². The number of anilines is 1. The molecule has 0 radical (unpaired) electrons. The highest BCUT2D eigenvalue weighted by atomic mass is 32.1. The summed E-state index contributed by atoms with van der Waals surface area (Å²) in [6.07, 6.45) is 0. The Morgan fingerprint density at radius 2 is 2.30 bits per heavy atom. The molecule has 102 valence electrons. The van der Waals surface area contributed by atoms with E-state index < -0.39 is 5.97 Å². The fourth-order valence-electron chi connectivity index (χ4n) is 1.79. The first-order valence-electron chi connectivity index (χ1n) is 5.90. The molecule has 2 N–H and O–H groups in total. The van der Waals surface area contributed by atoms with E-state index in [9.17, 15) is 4.79 Å². The van der Waals surface area contributed by atoms with Gasteiger partial charge in [0.05, 0.1) is 22.8 Å². The van der Waals surface area contributed by atoms with Gasteiger partial charge >= 0.3 is 5.97 Å². The molecule has 0 saturated heterocycles. The Morgan fingerprint density at radius 1 is 1.45 bits per heavy atom. The van der Waals surface area contributed by atoms with Crippen molar-refractivity contribution in [2.75, 3.05) is 5.32 Å². The molecule has 0 saturated carbocycles. The number of hydrogen-bond acceptors (Lipinski definition) is 6. The molecule has 6 nitrogen and oxygen atoms in total. The fraction of sp³-hybridized carbons (Fsp3) is 0.154. The van der Waals surface area contributed by atoms with Gasteiger partial charge in [-0.3, -0.25) is 0 Å². The van der Waals surface area contributed by atoms with E-state index in [1.807, 2.05) is 12.3 Å². The summed E-state index contributed by atoms with van der Waals surface area (Å²) in [5.41, 5.74) is 2.16. The van der Waals surface area contributed by atoms with Crippen molar-refractivity contribution in [2.45, 2.75) is 13.5 Å². The SMILES string of the molecule is Cc1nc(CNc2nc3ccc(C(=O)O)cc3o2)cs1. The smallest absolute Gasteiger partial charge is 0.335 e. The summed E-state index contributed by atoms with van der Waals surface area (Å²) >= 11 is 1.58. The number of nitrogens with one attached hydrogen (secondary N) is 1. The summed E-state index contributed by atoms with van der Waals surface area (Å²) in [6, 6.07) is 4.94. The van der Waals surface area contributed by atoms with Gasteiger partial charge in [-0.2, -0.15) is 4.98 Å². The predicted molar refractivity (Wildman–Crippen MR) is 75.1 cm³/mol. The molecule has 2 heterocycles. The summed E-state index contributed by atoms with van der Waals surface area (Å²) in [5.74, 6) is -0.990. The van der Waals surface area contributed by atoms with Crippen LogP contribution in [0.15, 0.2) is 28.0 Å². The summed E-state index contributed by atoms with van der Waals surface area (Å²) in [6.45, 7) is 2.46. The van der Waals surface area contributed by atoms with Crippen molar-refractivity contribution in [3.8, 4) is 0 Å². The Morgan fingerprint density at radius 3 is 3.00 bits per heavy atom. The molecule has 0 fully saturated rings. The molecular weight excluding hydrogens is 278 g/mol. The number of aromatic nitrogens is 2. The standard InChI is InChI=1S/C13H11N3O3S/c1-7-15-9(6-20-7)5-14-13-16-10-3-2-8(12(17)18)4-11(10)19-13/h2-4,6H,5H2,1H3,(H,14,16)(H,17,18). The van der Waals surface area contributed by atoms with Crippen LogP contribution in [0.4, 0.5) is 6.01 Å². The quantitative estimate of drug-likeness (QED) is 0.767. The number of fused-ring (bicyclic) bond motifs is 1. The van der Waals surface area contributed by atoms with Crippen molar-refractivity contribution in [2.24, 2.45) is 0 Å². The molecule has 0 spiro atoms. The van der Waals surface area contributed by atoms with Gasteiger partial charge in [0.2, 0.25) is 0 Å². The van der Waals surface area contributed by atoms with Crippen LogP contribution >= 0.6 is 11.3 Å². The summed E-state index contributed by atoms with van der Waals surface area (Å²) in [5, 5.41) is 14.9. The zero-order valence-corrected chi connectivity index (χ0v) is 11.4. The normalized spacial score (nSPS) is 10.8. The zero-order chi connectivity index (χ0) is 14.1. The third kappa shape index (κ3) is 2.48. The number of nitrogens with zero attached hydrogens (tertiary/aromatic N) is 2. The maximum absolute atomic E-state index is 10.9. The monoisotopic (exact) mass is 289 g/mol. The molecule has 20 heavy (non-hydrogen) atoms. The van der Waals surface area contributed by atoms with Crippen LogP contribution in [-0.2, 0) is 6.54 Å². The number of thiazole rings is 1. The number of oxazole rings is 1. The number of aryl methyl sites for hydroxylation is 1. The van der Waals surface area contributed by atoms with E-state index in [0.717, 1.165) is 10.7 Å². The van der Waals surface area contributed by atoms with Crippen LogP contribution < -0.4 is 5.32 Å². The number of benzene rings is 1. The molecule has 0 amide bonds. The molecule has 0 aliphatic rings. The zero-order valence-electron chi connectivity index (χ0n) is 10.6. The van der Waals surface area contributed by atoms with Crippen molar-refractivity contribution in [1.82, 2.24) is 9.97 Å². The number of carbonyl (C=O) groups is 1. The Hall–Kier alpha value is -2.41. The van der Waals surface area contributed by atoms with E-state index >= 15 is 0 Å². The first kappa shape index (κ1) is 12.6. The average Bonchev–Trinajstić information content (AvgIpc) is 3.00. The Bertz CT molecular complexity index is 778. The molecule has 0 atom stereocenters. The van der Waals surface area contributed by atoms with E-state index in [-0.39, 0.29) is 5.56 Å². The molecule has 2 aromatic heterocycles. The van der Waals surface area contributed by atoms with E-state index in [0.29, 0.717) is 23.7 Å². The molecule has 3 aromatic rings. The molecule has 0 unspecified atom stereocenters. The van der Waals surface area contributed by atoms with Gasteiger partial charge in [0.15, 0.2) is 5.58 Å². The van der Waals surface area contributed by atoms with Crippen LogP contribution in [-0.4, -0.2) is 21.0 Å². The lowest BCUT2D eigenvalue weighted by molar-refractivity contribution is 0.0697. The second-order valence-corrected chi connectivity index (χ2v) is 5.28. The molecule has 1 aromatic carbocycles. The summed E-state index contributed by atoms with van der Waals surface area (Å²) in [7, 11) is 0. The van der Waals surface area contributed by atoms with Crippen molar-refractivity contribution < 1.29 is 14.3 Å².